The van der Waals surface area contributed by atoms with Gasteiger partial charge in [-0.15, -0.1) is 10.2 Å². The lowest BCUT2D eigenvalue weighted by molar-refractivity contribution is -0.132. The third-order valence-electron chi connectivity index (χ3n) is 7.75. The molecule has 4 aromatic rings. The predicted octanol–water partition coefficient (Wildman–Crippen LogP) is 6.71. The van der Waals surface area contributed by atoms with Crippen LogP contribution >= 0.6 is 23.2 Å². The van der Waals surface area contributed by atoms with Crippen LogP contribution in [-0.2, 0) is 4.79 Å². The van der Waals surface area contributed by atoms with Crippen molar-refractivity contribution >= 4 is 40.8 Å². The molecule has 1 aliphatic heterocycles. The number of benzene rings is 3. The molecule has 1 aliphatic rings. The van der Waals surface area contributed by atoms with Gasteiger partial charge in [-0.2, -0.15) is 0 Å². The second kappa shape index (κ2) is 13.4. The minimum atomic E-state index is -0.275. The van der Waals surface area contributed by atoms with E-state index in [2.05, 4.69) is 51.5 Å². The number of halogens is 2. The third-order valence-corrected chi connectivity index (χ3v) is 8.29. The summed E-state index contributed by atoms with van der Waals surface area (Å²) in [7, 11) is 0. The molecule has 5 rings (SSSR count). The Morgan fingerprint density at radius 2 is 1.50 bits per heavy atom. The zero-order valence-electron chi connectivity index (χ0n) is 23.7. The fourth-order valence-corrected chi connectivity index (χ4v) is 5.50. The zero-order chi connectivity index (χ0) is 29.6. The Morgan fingerprint density at radius 1 is 0.833 bits per heavy atom. The Balaban J connectivity index is 1.18. The first-order chi connectivity index (χ1) is 20.3. The van der Waals surface area contributed by atoms with Crippen LogP contribution in [0.4, 0.5) is 5.82 Å². The van der Waals surface area contributed by atoms with Gasteiger partial charge in [0.15, 0.2) is 5.82 Å². The van der Waals surface area contributed by atoms with Crippen molar-refractivity contribution < 1.29 is 9.59 Å². The molecule has 1 saturated heterocycles. The predicted molar refractivity (Wildman–Crippen MR) is 169 cm³/mol. The van der Waals surface area contributed by atoms with E-state index in [4.69, 9.17) is 23.2 Å². The maximum absolute atomic E-state index is 13.3. The Hall–Kier alpha value is -3.94. The maximum atomic E-state index is 13.3. The number of hydrogen-bond donors (Lipinski definition) is 0. The fraction of sp³-hybridized carbons (Fsp3) is 0.273. The van der Waals surface area contributed by atoms with Gasteiger partial charge >= 0.3 is 0 Å². The van der Waals surface area contributed by atoms with Crippen molar-refractivity contribution in [2.45, 2.75) is 26.3 Å². The molecule has 0 N–H and O–H groups in total. The molecule has 0 spiro atoms. The van der Waals surface area contributed by atoms with Gasteiger partial charge < -0.3 is 14.7 Å². The number of nitrogens with zero attached hydrogens (tertiary/aromatic N) is 5. The SMILES string of the molecule is CC[C@@H](C)N(CC(=O)N1CCN(c2ccc(-c3ccc(-c4ccccc4)cc3)nn2)CC1)C(=O)c1ccc(Cl)cc1Cl. The van der Waals surface area contributed by atoms with Crippen LogP contribution in [0.3, 0.4) is 0 Å². The van der Waals surface area contributed by atoms with E-state index in [0.29, 0.717) is 43.2 Å². The van der Waals surface area contributed by atoms with Gasteiger partial charge in [0.05, 0.1) is 16.3 Å². The van der Waals surface area contributed by atoms with Crippen LogP contribution in [-0.4, -0.2) is 70.6 Å². The Bertz CT molecular complexity index is 1520. The summed E-state index contributed by atoms with van der Waals surface area (Å²) in [6, 6.07) is 27.2. The lowest BCUT2D eigenvalue weighted by atomic mass is 10.0. The van der Waals surface area contributed by atoms with E-state index in [-0.39, 0.29) is 29.4 Å². The molecule has 2 amide bonds. The second-order valence-corrected chi connectivity index (χ2v) is 11.2. The van der Waals surface area contributed by atoms with Gasteiger partial charge in [0.1, 0.15) is 6.54 Å². The lowest BCUT2D eigenvalue weighted by Gasteiger charge is -2.37. The van der Waals surface area contributed by atoms with E-state index < -0.39 is 0 Å². The van der Waals surface area contributed by atoms with E-state index >= 15 is 0 Å². The molecule has 0 radical (unpaired) electrons. The van der Waals surface area contributed by atoms with E-state index in [0.717, 1.165) is 22.6 Å². The van der Waals surface area contributed by atoms with Crippen molar-refractivity contribution in [1.82, 2.24) is 20.0 Å². The number of rotatable bonds is 8. The van der Waals surface area contributed by atoms with Gasteiger partial charge in [-0.3, -0.25) is 9.59 Å². The largest absolute Gasteiger partial charge is 0.352 e. The van der Waals surface area contributed by atoms with Gasteiger partial charge in [0.25, 0.3) is 5.91 Å². The number of carbonyl (C=O) groups is 2. The van der Waals surface area contributed by atoms with Crippen LogP contribution in [0.5, 0.6) is 0 Å². The highest BCUT2D eigenvalue weighted by Gasteiger charge is 2.29. The van der Waals surface area contributed by atoms with Crippen molar-refractivity contribution in [1.29, 1.82) is 0 Å². The summed E-state index contributed by atoms with van der Waals surface area (Å²) in [4.78, 5) is 32.2. The summed E-state index contributed by atoms with van der Waals surface area (Å²) in [5.74, 6) is 0.414. The van der Waals surface area contributed by atoms with Crippen LogP contribution < -0.4 is 4.90 Å². The molecular formula is C33H33Cl2N5O2. The standard InChI is InChI=1S/C33H33Cl2N5O2/c1-3-23(2)40(33(42)28-14-13-27(34)21-29(28)35)22-32(41)39-19-17-38(18-20-39)31-16-15-30(36-37-31)26-11-9-25(10-12-26)24-7-5-4-6-8-24/h4-16,21,23H,3,17-20,22H2,1-2H3/t23-/m1/s1. The molecule has 1 aromatic heterocycles. The van der Waals surface area contributed by atoms with E-state index in [1.54, 1.807) is 28.0 Å². The quantitative estimate of drug-likeness (QED) is 0.224. The number of anilines is 1. The summed E-state index contributed by atoms with van der Waals surface area (Å²) < 4.78 is 0. The smallest absolute Gasteiger partial charge is 0.256 e. The minimum absolute atomic E-state index is 0.00956. The number of hydrogen-bond acceptors (Lipinski definition) is 5. The number of amides is 2. The Labute approximate surface area is 256 Å². The van der Waals surface area contributed by atoms with Crippen molar-refractivity contribution in [3.8, 4) is 22.4 Å². The number of piperazine rings is 1. The Morgan fingerprint density at radius 3 is 2.12 bits per heavy atom. The van der Waals surface area contributed by atoms with Crippen LogP contribution in [0, 0.1) is 0 Å². The molecule has 42 heavy (non-hydrogen) atoms. The summed E-state index contributed by atoms with van der Waals surface area (Å²) in [5, 5.41) is 9.69. The Kier molecular flexibility index (Phi) is 9.40. The van der Waals surface area contributed by atoms with Crippen molar-refractivity contribution in [3.63, 3.8) is 0 Å². The molecule has 0 aliphatic carbocycles. The van der Waals surface area contributed by atoms with E-state index in [1.165, 1.54) is 5.56 Å². The van der Waals surface area contributed by atoms with Crippen molar-refractivity contribution in [3.05, 3.63) is 101 Å². The molecule has 2 heterocycles. The van der Waals surface area contributed by atoms with Crippen molar-refractivity contribution in [2.75, 3.05) is 37.6 Å². The molecule has 7 nitrogen and oxygen atoms in total. The first-order valence-electron chi connectivity index (χ1n) is 14.1. The van der Waals surface area contributed by atoms with Gasteiger partial charge in [-0.1, -0.05) is 84.7 Å². The van der Waals surface area contributed by atoms with Crippen LogP contribution in [0.15, 0.2) is 84.9 Å². The average Bonchev–Trinajstić information content (AvgIpc) is 3.03. The molecule has 0 bridgehead atoms. The fourth-order valence-electron chi connectivity index (χ4n) is 5.01. The summed E-state index contributed by atoms with van der Waals surface area (Å²) in [5.41, 5.74) is 4.48. The topological polar surface area (TPSA) is 69.6 Å². The molecule has 0 saturated carbocycles. The van der Waals surface area contributed by atoms with Crippen LogP contribution in [0.1, 0.15) is 30.6 Å². The minimum Gasteiger partial charge on any atom is -0.352 e. The maximum Gasteiger partial charge on any atom is 0.256 e. The highest BCUT2D eigenvalue weighted by Crippen LogP contribution is 2.26. The summed E-state index contributed by atoms with van der Waals surface area (Å²) in [6.45, 7) is 6.25. The first-order valence-corrected chi connectivity index (χ1v) is 14.9. The van der Waals surface area contributed by atoms with E-state index in [9.17, 15) is 9.59 Å². The number of carbonyl (C=O) groups excluding carboxylic acids is 2. The molecule has 1 atom stereocenters. The molecular weight excluding hydrogens is 569 g/mol. The highest BCUT2D eigenvalue weighted by atomic mass is 35.5. The van der Waals surface area contributed by atoms with Crippen LogP contribution in [0.25, 0.3) is 22.4 Å². The monoisotopic (exact) mass is 601 g/mol. The van der Waals surface area contributed by atoms with E-state index in [1.807, 2.05) is 44.2 Å². The molecule has 0 unspecified atom stereocenters. The van der Waals surface area contributed by atoms with Crippen LogP contribution in [0.2, 0.25) is 10.0 Å². The van der Waals surface area contributed by atoms with Gasteiger partial charge in [0.2, 0.25) is 5.91 Å². The van der Waals surface area contributed by atoms with Crippen molar-refractivity contribution in [2.24, 2.45) is 0 Å². The summed E-state index contributed by atoms with van der Waals surface area (Å²) >= 11 is 12.3. The summed E-state index contributed by atoms with van der Waals surface area (Å²) in [6.07, 6.45) is 0.712. The molecule has 1 fully saturated rings. The lowest BCUT2D eigenvalue weighted by Crippen LogP contribution is -2.53. The normalized spacial score (nSPS) is 14.0. The van der Waals surface area contributed by atoms with Gasteiger partial charge in [0, 0.05) is 42.8 Å². The van der Waals surface area contributed by atoms with Gasteiger partial charge in [-0.25, -0.2) is 0 Å². The zero-order valence-corrected chi connectivity index (χ0v) is 25.2. The van der Waals surface area contributed by atoms with Gasteiger partial charge in [-0.05, 0) is 54.8 Å². The molecule has 3 aromatic carbocycles. The number of aromatic nitrogens is 2. The highest BCUT2D eigenvalue weighted by molar-refractivity contribution is 6.36. The first kappa shape index (κ1) is 29.5. The average molecular weight is 603 g/mol. The third kappa shape index (κ3) is 6.75. The second-order valence-electron chi connectivity index (χ2n) is 10.4. The molecule has 216 valence electrons. The molecule has 9 heteroatoms.